The van der Waals surface area contributed by atoms with E-state index in [-0.39, 0.29) is 16.0 Å². The van der Waals surface area contributed by atoms with Gasteiger partial charge in [-0.15, -0.1) is 0 Å². The fourth-order valence-electron chi connectivity index (χ4n) is 1.33. The van der Waals surface area contributed by atoms with Gasteiger partial charge in [-0.1, -0.05) is 11.6 Å². The number of carbonyl (C=O) groups is 1. The van der Waals surface area contributed by atoms with E-state index in [1.807, 2.05) is 0 Å². The number of nitrogens with one attached hydrogen (secondary N) is 1. The standard InChI is InChI=1S/C9H5ClF2N2O/c10-5-1-2-13-9-6(5)4(3-14-9)7(15)8(11)12/h1-3,8H,(H,13,14). The molecule has 0 aliphatic carbocycles. The summed E-state index contributed by atoms with van der Waals surface area (Å²) < 4.78 is 24.4. The van der Waals surface area contributed by atoms with Crippen molar-refractivity contribution in [2.75, 3.05) is 0 Å². The number of nitrogens with zero attached hydrogens (tertiary/aromatic N) is 1. The van der Waals surface area contributed by atoms with Gasteiger partial charge < -0.3 is 4.98 Å². The number of aromatic nitrogens is 2. The van der Waals surface area contributed by atoms with E-state index >= 15 is 0 Å². The summed E-state index contributed by atoms with van der Waals surface area (Å²) in [6, 6.07) is 1.44. The molecule has 0 bridgehead atoms. The van der Waals surface area contributed by atoms with E-state index in [1.54, 1.807) is 0 Å². The summed E-state index contributed by atoms with van der Waals surface area (Å²) in [6.07, 6.45) is -0.421. The molecule has 2 aromatic heterocycles. The zero-order valence-corrected chi connectivity index (χ0v) is 8.05. The molecule has 15 heavy (non-hydrogen) atoms. The van der Waals surface area contributed by atoms with E-state index in [4.69, 9.17) is 11.6 Å². The van der Waals surface area contributed by atoms with Crippen LogP contribution >= 0.6 is 11.6 Å². The maximum absolute atomic E-state index is 12.2. The van der Waals surface area contributed by atoms with Gasteiger partial charge in [0, 0.05) is 17.8 Å². The van der Waals surface area contributed by atoms with Crippen LogP contribution in [0.3, 0.4) is 0 Å². The zero-order chi connectivity index (χ0) is 11.0. The molecule has 0 radical (unpaired) electrons. The predicted octanol–water partition coefficient (Wildman–Crippen LogP) is 2.66. The molecule has 0 aliphatic rings. The highest BCUT2D eigenvalue weighted by Crippen LogP contribution is 2.26. The van der Waals surface area contributed by atoms with Crippen LogP contribution in [0.25, 0.3) is 11.0 Å². The Morgan fingerprint density at radius 2 is 2.27 bits per heavy atom. The second-order valence-electron chi connectivity index (χ2n) is 2.88. The predicted molar refractivity (Wildman–Crippen MR) is 51.4 cm³/mol. The summed E-state index contributed by atoms with van der Waals surface area (Å²) in [5, 5.41) is 0.467. The van der Waals surface area contributed by atoms with Crippen molar-refractivity contribution in [3.63, 3.8) is 0 Å². The molecule has 0 aliphatic heterocycles. The number of halogens is 3. The molecule has 0 atom stereocenters. The highest BCUT2D eigenvalue weighted by atomic mass is 35.5. The Hall–Kier alpha value is -1.49. The number of ketones is 1. The number of carbonyl (C=O) groups excluding carboxylic acids is 1. The van der Waals surface area contributed by atoms with Gasteiger partial charge in [0.15, 0.2) is 0 Å². The van der Waals surface area contributed by atoms with E-state index in [2.05, 4.69) is 9.97 Å². The second kappa shape index (κ2) is 3.58. The number of fused-ring (bicyclic) bond motifs is 1. The van der Waals surface area contributed by atoms with Gasteiger partial charge in [-0.05, 0) is 6.07 Å². The van der Waals surface area contributed by atoms with Crippen LogP contribution in [0.2, 0.25) is 5.02 Å². The van der Waals surface area contributed by atoms with Gasteiger partial charge in [0.25, 0.3) is 0 Å². The monoisotopic (exact) mass is 230 g/mol. The Morgan fingerprint density at radius 3 is 2.93 bits per heavy atom. The fraction of sp³-hybridized carbons (Fsp3) is 0.111. The molecule has 1 N–H and O–H groups in total. The Kier molecular flexibility index (Phi) is 2.40. The van der Waals surface area contributed by atoms with Crippen molar-refractivity contribution in [2.45, 2.75) is 6.43 Å². The molecule has 0 aromatic carbocycles. The van der Waals surface area contributed by atoms with Crippen molar-refractivity contribution < 1.29 is 13.6 Å². The average Bonchev–Trinajstić information content (AvgIpc) is 2.61. The van der Waals surface area contributed by atoms with E-state index in [0.29, 0.717) is 5.65 Å². The fourth-order valence-corrected chi connectivity index (χ4v) is 1.58. The quantitative estimate of drug-likeness (QED) is 0.807. The highest BCUT2D eigenvalue weighted by molar-refractivity contribution is 6.36. The number of hydrogen-bond acceptors (Lipinski definition) is 2. The average molecular weight is 231 g/mol. The Labute approximate surface area is 88.1 Å². The molecular formula is C9H5ClF2N2O. The van der Waals surface area contributed by atoms with Gasteiger partial charge in [0.05, 0.1) is 10.6 Å². The minimum absolute atomic E-state index is 0.127. The van der Waals surface area contributed by atoms with Gasteiger partial charge >= 0.3 is 6.43 Å². The molecule has 0 spiro atoms. The first kappa shape index (κ1) is 10.0. The van der Waals surface area contributed by atoms with Crippen molar-refractivity contribution in [1.29, 1.82) is 0 Å². The molecule has 78 valence electrons. The number of pyridine rings is 1. The van der Waals surface area contributed by atoms with E-state index < -0.39 is 12.2 Å². The largest absolute Gasteiger partial charge is 0.345 e. The summed E-state index contributed by atoms with van der Waals surface area (Å²) in [7, 11) is 0. The van der Waals surface area contributed by atoms with E-state index in [9.17, 15) is 13.6 Å². The number of alkyl halides is 2. The molecule has 2 heterocycles. The van der Waals surface area contributed by atoms with Crippen LogP contribution in [-0.4, -0.2) is 22.2 Å². The van der Waals surface area contributed by atoms with Gasteiger partial charge in [0.1, 0.15) is 5.65 Å². The number of H-pyrrole nitrogens is 1. The third kappa shape index (κ3) is 1.59. The maximum Gasteiger partial charge on any atom is 0.300 e. The Bertz CT molecular complexity index is 524. The second-order valence-corrected chi connectivity index (χ2v) is 3.29. The van der Waals surface area contributed by atoms with Gasteiger partial charge in [-0.2, -0.15) is 0 Å². The molecule has 2 aromatic rings. The van der Waals surface area contributed by atoms with Gasteiger partial charge in [-0.3, -0.25) is 4.79 Å². The van der Waals surface area contributed by atoms with Crippen LogP contribution in [-0.2, 0) is 0 Å². The maximum atomic E-state index is 12.2. The molecule has 0 saturated carbocycles. The van der Waals surface area contributed by atoms with Crippen molar-refractivity contribution >= 4 is 28.4 Å². The van der Waals surface area contributed by atoms with Crippen molar-refractivity contribution in [3.05, 3.63) is 29.0 Å². The summed E-state index contributed by atoms with van der Waals surface area (Å²) in [4.78, 5) is 17.6. The smallest absolute Gasteiger partial charge is 0.300 e. The minimum Gasteiger partial charge on any atom is -0.345 e. The summed E-state index contributed by atoms with van der Waals surface area (Å²) in [5.41, 5.74) is 0.199. The van der Waals surface area contributed by atoms with E-state index in [1.165, 1.54) is 18.5 Å². The lowest BCUT2D eigenvalue weighted by atomic mass is 10.1. The van der Waals surface area contributed by atoms with Crippen LogP contribution in [0.4, 0.5) is 8.78 Å². The first-order chi connectivity index (χ1) is 7.11. The van der Waals surface area contributed by atoms with Crippen LogP contribution in [0, 0.1) is 0 Å². The lowest BCUT2D eigenvalue weighted by Crippen LogP contribution is -2.09. The Morgan fingerprint density at radius 1 is 1.53 bits per heavy atom. The van der Waals surface area contributed by atoms with E-state index in [0.717, 1.165) is 0 Å². The topological polar surface area (TPSA) is 45.8 Å². The number of Topliss-reactive ketones (excluding diaryl/α,β-unsaturated/α-hetero) is 1. The summed E-state index contributed by atoms with van der Waals surface area (Å²) >= 11 is 5.80. The lowest BCUT2D eigenvalue weighted by Gasteiger charge is -1.98. The molecule has 0 saturated heterocycles. The third-order valence-corrected chi connectivity index (χ3v) is 2.30. The first-order valence-corrected chi connectivity index (χ1v) is 4.43. The molecule has 6 heteroatoms. The van der Waals surface area contributed by atoms with Crippen molar-refractivity contribution in [2.24, 2.45) is 0 Å². The molecule has 0 fully saturated rings. The summed E-state index contributed by atoms with van der Waals surface area (Å²) in [5.74, 6) is -1.25. The zero-order valence-electron chi connectivity index (χ0n) is 7.30. The Balaban J connectivity index is 2.67. The number of aromatic amines is 1. The number of rotatable bonds is 2. The third-order valence-electron chi connectivity index (χ3n) is 1.99. The molecular weight excluding hydrogens is 226 g/mol. The first-order valence-electron chi connectivity index (χ1n) is 4.05. The highest BCUT2D eigenvalue weighted by Gasteiger charge is 2.22. The van der Waals surface area contributed by atoms with Crippen molar-refractivity contribution in [3.8, 4) is 0 Å². The minimum atomic E-state index is -3.04. The molecule has 0 unspecified atom stereocenters. The van der Waals surface area contributed by atoms with Crippen LogP contribution < -0.4 is 0 Å². The summed E-state index contributed by atoms with van der Waals surface area (Å²) in [6.45, 7) is 0. The van der Waals surface area contributed by atoms with Gasteiger partial charge in [0.2, 0.25) is 5.78 Å². The SMILES string of the molecule is O=C(c1c[nH]c2nccc(Cl)c12)C(F)F. The van der Waals surface area contributed by atoms with Crippen molar-refractivity contribution in [1.82, 2.24) is 9.97 Å². The normalized spacial score (nSPS) is 11.2. The van der Waals surface area contributed by atoms with Gasteiger partial charge in [-0.25, -0.2) is 13.8 Å². The molecule has 3 nitrogen and oxygen atoms in total. The van der Waals surface area contributed by atoms with Crippen LogP contribution in [0.15, 0.2) is 18.5 Å². The molecule has 2 rings (SSSR count). The molecule has 0 amide bonds. The van der Waals surface area contributed by atoms with Crippen LogP contribution in [0.5, 0.6) is 0 Å². The lowest BCUT2D eigenvalue weighted by molar-refractivity contribution is 0.0680. The number of hydrogen-bond donors (Lipinski definition) is 1. The van der Waals surface area contributed by atoms with Crippen LogP contribution in [0.1, 0.15) is 10.4 Å².